The lowest BCUT2D eigenvalue weighted by atomic mass is 9.88. The zero-order valence-corrected chi connectivity index (χ0v) is 13.5. The minimum Gasteiger partial charge on any atom is -0.366 e. The van der Waals surface area contributed by atoms with Crippen LogP contribution in [0.4, 0.5) is 5.82 Å². The lowest BCUT2D eigenvalue weighted by Crippen LogP contribution is -2.36. The molecule has 0 bridgehead atoms. The quantitative estimate of drug-likeness (QED) is 0.882. The summed E-state index contributed by atoms with van der Waals surface area (Å²) >= 11 is 0. The summed E-state index contributed by atoms with van der Waals surface area (Å²) in [4.78, 5) is 6.75. The largest absolute Gasteiger partial charge is 0.366 e. The van der Waals surface area contributed by atoms with Crippen molar-refractivity contribution in [3.63, 3.8) is 0 Å². The van der Waals surface area contributed by atoms with Crippen LogP contribution in [0.5, 0.6) is 0 Å². The third kappa shape index (κ3) is 5.19. The Hall–Kier alpha value is -1.09. The van der Waals surface area contributed by atoms with Crippen LogP contribution < -0.4 is 5.32 Å². The van der Waals surface area contributed by atoms with Crippen LogP contribution in [0.2, 0.25) is 0 Å². The minimum atomic E-state index is 0.159. The van der Waals surface area contributed by atoms with Crippen molar-refractivity contribution in [1.82, 2.24) is 9.88 Å². The van der Waals surface area contributed by atoms with Gasteiger partial charge in [-0.2, -0.15) is 0 Å². The molecule has 0 aliphatic rings. The van der Waals surface area contributed by atoms with E-state index in [0.717, 1.165) is 12.4 Å². The van der Waals surface area contributed by atoms with Gasteiger partial charge in [-0.1, -0.05) is 40.7 Å². The van der Waals surface area contributed by atoms with Gasteiger partial charge < -0.3 is 10.2 Å². The van der Waals surface area contributed by atoms with Crippen molar-refractivity contribution in [3.05, 3.63) is 23.9 Å². The van der Waals surface area contributed by atoms with Gasteiger partial charge in [0.25, 0.3) is 0 Å². The van der Waals surface area contributed by atoms with Gasteiger partial charge in [-0.3, -0.25) is 0 Å². The molecule has 108 valence electrons. The molecule has 1 rings (SSSR count). The predicted molar refractivity (Wildman–Crippen MR) is 83.7 cm³/mol. The van der Waals surface area contributed by atoms with Gasteiger partial charge in [0.2, 0.25) is 0 Å². The molecular weight excluding hydrogens is 234 g/mol. The molecule has 1 aromatic rings. The van der Waals surface area contributed by atoms with E-state index in [2.05, 4.69) is 76.0 Å². The summed E-state index contributed by atoms with van der Waals surface area (Å²) in [5.74, 6) is 1.54. The van der Waals surface area contributed by atoms with Crippen molar-refractivity contribution in [2.24, 2.45) is 5.92 Å². The first kappa shape index (κ1) is 16.0. The van der Waals surface area contributed by atoms with Crippen LogP contribution in [-0.4, -0.2) is 36.6 Å². The number of aromatic nitrogens is 1. The van der Waals surface area contributed by atoms with Gasteiger partial charge >= 0.3 is 0 Å². The fourth-order valence-electron chi connectivity index (χ4n) is 1.93. The Morgan fingerprint density at radius 1 is 1.21 bits per heavy atom. The van der Waals surface area contributed by atoms with E-state index in [0.29, 0.717) is 12.0 Å². The van der Waals surface area contributed by atoms with E-state index < -0.39 is 0 Å². The van der Waals surface area contributed by atoms with Crippen LogP contribution in [0.25, 0.3) is 0 Å². The SMILES string of the molecule is CC(C)C(CN(C)C)Nc1ccc(C(C)(C)C)cn1. The molecule has 0 aliphatic heterocycles. The fourth-order valence-corrected chi connectivity index (χ4v) is 1.93. The second-order valence-electron chi connectivity index (χ2n) is 6.94. The average molecular weight is 263 g/mol. The first-order valence-electron chi connectivity index (χ1n) is 7.08. The summed E-state index contributed by atoms with van der Waals surface area (Å²) < 4.78 is 0. The van der Waals surface area contributed by atoms with Gasteiger partial charge in [0, 0.05) is 18.8 Å². The average Bonchev–Trinajstić information content (AvgIpc) is 2.27. The fraction of sp³-hybridized carbons (Fsp3) is 0.688. The van der Waals surface area contributed by atoms with Crippen LogP contribution in [0.15, 0.2) is 18.3 Å². The van der Waals surface area contributed by atoms with Crippen LogP contribution >= 0.6 is 0 Å². The molecule has 1 unspecified atom stereocenters. The predicted octanol–water partition coefficient (Wildman–Crippen LogP) is 3.38. The summed E-state index contributed by atoms with van der Waals surface area (Å²) in [7, 11) is 4.21. The zero-order chi connectivity index (χ0) is 14.6. The van der Waals surface area contributed by atoms with Crippen LogP contribution in [0.3, 0.4) is 0 Å². The Bertz CT molecular complexity index is 374. The van der Waals surface area contributed by atoms with E-state index in [1.54, 1.807) is 0 Å². The van der Waals surface area contributed by atoms with Crippen molar-refractivity contribution < 1.29 is 0 Å². The molecule has 0 amide bonds. The lowest BCUT2D eigenvalue weighted by Gasteiger charge is -2.26. The molecule has 3 heteroatoms. The topological polar surface area (TPSA) is 28.2 Å². The molecule has 0 saturated carbocycles. The molecular formula is C16H29N3. The highest BCUT2D eigenvalue weighted by Crippen LogP contribution is 2.22. The summed E-state index contributed by atoms with van der Waals surface area (Å²) in [6, 6.07) is 4.68. The maximum Gasteiger partial charge on any atom is 0.126 e. The molecule has 3 nitrogen and oxygen atoms in total. The molecule has 1 N–H and O–H groups in total. The Kier molecular flexibility index (Phi) is 5.36. The smallest absolute Gasteiger partial charge is 0.126 e. The Morgan fingerprint density at radius 3 is 2.21 bits per heavy atom. The number of nitrogens with zero attached hydrogens (tertiary/aromatic N) is 2. The normalized spacial score (nSPS) is 13.9. The van der Waals surface area contributed by atoms with Gasteiger partial charge in [-0.25, -0.2) is 4.98 Å². The summed E-state index contributed by atoms with van der Waals surface area (Å²) in [6.45, 7) is 12.1. The van der Waals surface area contributed by atoms with Gasteiger partial charge in [0.05, 0.1) is 0 Å². The first-order valence-corrected chi connectivity index (χ1v) is 7.08. The van der Waals surface area contributed by atoms with Gasteiger partial charge in [-0.05, 0) is 37.1 Å². The number of pyridine rings is 1. The third-order valence-corrected chi connectivity index (χ3v) is 3.33. The van der Waals surface area contributed by atoms with E-state index in [1.165, 1.54) is 5.56 Å². The third-order valence-electron chi connectivity index (χ3n) is 3.33. The van der Waals surface area contributed by atoms with Crippen molar-refractivity contribution in [2.45, 2.75) is 46.1 Å². The number of hydrogen-bond acceptors (Lipinski definition) is 3. The van der Waals surface area contributed by atoms with Crippen LogP contribution in [-0.2, 0) is 5.41 Å². The Balaban J connectivity index is 2.75. The van der Waals surface area contributed by atoms with Crippen molar-refractivity contribution in [2.75, 3.05) is 26.0 Å². The monoisotopic (exact) mass is 263 g/mol. The van der Waals surface area contributed by atoms with Crippen molar-refractivity contribution in [3.8, 4) is 0 Å². The maximum absolute atomic E-state index is 4.55. The molecule has 0 aliphatic carbocycles. The standard InChI is InChI=1S/C16H29N3/c1-12(2)14(11-19(6)7)18-15-9-8-13(10-17-15)16(3,4)5/h8-10,12,14H,11H2,1-7H3,(H,17,18). The molecule has 1 heterocycles. The second kappa shape index (κ2) is 6.38. The molecule has 0 radical (unpaired) electrons. The second-order valence-corrected chi connectivity index (χ2v) is 6.94. The molecule has 0 fully saturated rings. The first-order chi connectivity index (χ1) is 8.70. The molecule has 0 aromatic carbocycles. The minimum absolute atomic E-state index is 0.159. The molecule has 0 saturated heterocycles. The number of rotatable bonds is 5. The van der Waals surface area contributed by atoms with Crippen LogP contribution in [0.1, 0.15) is 40.2 Å². The highest BCUT2D eigenvalue weighted by atomic mass is 15.1. The van der Waals surface area contributed by atoms with E-state index in [4.69, 9.17) is 0 Å². The van der Waals surface area contributed by atoms with Gasteiger partial charge in [-0.15, -0.1) is 0 Å². The lowest BCUT2D eigenvalue weighted by molar-refractivity contribution is 0.344. The van der Waals surface area contributed by atoms with Gasteiger partial charge in [0.1, 0.15) is 5.82 Å². The van der Waals surface area contributed by atoms with E-state index >= 15 is 0 Å². The number of hydrogen-bond donors (Lipinski definition) is 1. The number of likely N-dealkylation sites (N-methyl/N-ethyl adjacent to an activating group) is 1. The highest BCUT2D eigenvalue weighted by molar-refractivity contribution is 5.38. The van der Waals surface area contributed by atoms with E-state index in [1.807, 2.05) is 6.20 Å². The van der Waals surface area contributed by atoms with E-state index in [-0.39, 0.29) is 5.41 Å². The molecule has 1 aromatic heterocycles. The maximum atomic E-state index is 4.55. The molecule has 1 atom stereocenters. The molecule has 19 heavy (non-hydrogen) atoms. The summed E-state index contributed by atoms with van der Waals surface area (Å²) in [5.41, 5.74) is 1.43. The summed E-state index contributed by atoms with van der Waals surface area (Å²) in [6.07, 6.45) is 1.98. The van der Waals surface area contributed by atoms with Gasteiger partial charge in [0.15, 0.2) is 0 Å². The number of nitrogens with one attached hydrogen (secondary N) is 1. The zero-order valence-electron chi connectivity index (χ0n) is 13.5. The van der Waals surface area contributed by atoms with Crippen molar-refractivity contribution in [1.29, 1.82) is 0 Å². The van der Waals surface area contributed by atoms with Crippen LogP contribution in [0, 0.1) is 5.92 Å². The molecule has 0 spiro atoms. The van der Waals surface area contributed by atoms with E-state index in [9.17, 15) is 0 Å². The Morgan fingerprint density at radius 2 is 1.84 bits per heavy atom. The van der Waals surface area contributed by atoms with Crippen molar-refractivity contribution >= 4 is 5.82 Å². The summed E-state index contributed by atoms with van der Waals surface area (Å²) in [5, 5.41) is 3.54. The highest BCUT2D eigenvalue weighted by Gasteiger charge is 2.16. The number of anilines is 1. The Labute approximate surface area is 118 Å².